The number of nitrogens with zero attached hydrogens (tertiary/aromatic N) is 5. The number of aryl methyl sites for hydroxylation is 1. The average molecular weight is 402 g/mol. The molecular weight excluding hydrogens is 362 g/mol. The van der Waals surface area contributed by atoms with E-state index in [2.05, 4.69) is 40.2 Å². The van der Waals surface area contributed by atoms with Gasteiger partial charge in [-0.15, -0.1) is 0 Å². The molecule has 162 valence electrons. The number of carbonyl (C=O) groups excluding carboxylic acids is 1. The van der Waals surface area contributed by atoms with E-state index in [0.717, 1.165) is 77.2 Å². The van der Waals surface area contributed by atoms with Crippen molar-refractivity contribution in [1.82, 2.24) is 24.5 Å². The van der Waals surface area contributed by atoms with Crippen LogP contribution >= 0.6 is 0 Å². The maximum absolute atomic E-state index is 13.4. The van der Waals surface area contributed by atoms with Gasteiger partial charge in [0.15, 0.2) is 5.69 Å². The predicted molar refractivity (Wildman–Crippen MR) is 116 cm³/mol. The van der Waals surface area contributed by atoms with Gasteiger partial charge >= 0.3 is 0 Å². The molecule has 2 fully saturated rings. The molecule has 2 aliphatic heterocycles. The summed E-state index contributed by atoms with van der Waals surface area (Å²) in [5.74, 6) is 0.181. The van der Waals surface area contributed by atoms with Crippen LogP contribution in [-0.2, 0) is 19.4 Å². The van der Waals surface area contributed by atoms with Crippen molar-refractivity contribution in [2.24, 2.45) is 0 Å². The van der Waals surface area contributed by atoms with E-state index >= 15 is 0 Å². The van der Waals surface area contributed by atoms with E-state index in [1.807, 2.05) is 0 Å². The minimum absolute atomic E-state index is 0.181. The lowest BCUT2D eigenvalue weighted by molar-refractivity contribution is 0.0713. The second kappa shape index (κ2) is 9.17. The normalized spacial score (nSPS) is 24.6. The number of hydrogen-bond donors (Lipinski definition) is 0. The summed E-state index contributed by atoms with van der Waals surface area (Å²) in [6.07, 6.45) is 7.99. The molecule has 0 saturated carbocycles. The van der Waals surface area contributed by atoms with Crippen LogP contribution in [0.4, 0.5) is 0 Å². The van der Waals surface area contributed by atoms with Gasteiger partial charge in [-0.2, -0.15) is 5.10 Å². The van der Waals surface area contributed by atoms with Crippen LogP contribution in [0.5, 0.6) is 0 Å². The van der Waals surface area contributed by atoms with Crippen LogP contribution in [0.3, 0.4) is 0 Å². The molecule has 4 rings (SSSR count). The summed E-state index contributed by atoms with van der Waals surface area (Å²) in [5, 5.41) is 4.83. The molecule has 1 atom stereocenters. The predicted octanol–water partition coefficient (Wildman–Crippen LogP) is 2.80. The topological polar surface area (TPSA) is 44.6 Å². The van der Waals surface area contributed by atoms with Crippen molar-refractivity contribution < 1.29 is 4.79 Å². The molecule has 29 heavy (non-hydrogen) atoms. The van der Waals surface area contributed by atoms with Gasteiger partial charge in [-0.05, 0) is 52.9 Å². The lowest BCUT2D eigenvalue weighted by atomic mass is 9.89. The molecule has 6 nitrogen and oxygen atoms in total. The standard InChI is InChI=1S/C23H39N5O/c1-4-28-21-10-9-19(26-15-13-25(14-16-26)18(2)3)17-20(21)22(24-28)23(29)27-11-7-5-6-8-12-27/h18-19H,4-17H2,1-3H3/t19-/m0/s1. The molecule has 1 aliphatic carbocycles. The molecule has 0 N–H and O–H groups in total. The minimum Gasteiger partial charge on any atom is -0.337 e. The summed E-state index contributed by atoms with van der Waals surface area (Å²) < 4.78 is 2.10. The van der Waals surface area contributed by atoms with E-state index in [0.29, 0.717) is 12.1 Å². The Bertz CT molecular complexity index is 696. The van der Waals surface area contributed by atoms with Gasteiger partial charge in [-0.1, -0.05) is 12.8 Å². The molecule has 0 bridgehead atoms. The SMILES string of the molecule is CCn1nc(C(=O)N2CCCCCC2)c2c1CC[C@H](N1CCN(C(C)C)CC1)C2. The summed E-state index contributed by atoms with van der Waals surface area (Å²) >= 11 is 0. The first kappa shape index (κ1) is 20.9. The fraction of sp³-hybridized carbons (Fsp3) is 0.826. The highest BCUT2D eigenvalue weighted by Crippen LogP contribution is 2.29. The van der Waals surface area contributed by atoms with Gasteiger partial charge < -0.3 is 4.90 Å². The zero-order chi connectivity index (χ0) is 20.4. The molecule has 0 unspecified atom stereocenters. The van der Waals surface area contributed by atoms with Gasteiger partial charge in [0, 0.05) is 69.2 Å². The van der Waals surface area contributed by atoms with E-state index in [-0.39, 0.29) is 5.91 Å². The van der Waals surface area contributed by atoms with Crippen LogP contribution < -0.4 is 0 Å². The molecule has 3 heterocycles. The van der Waals surface area contributed by atoms with E-state index in [1.165, 1.54) is 30.5 Å². The van der Waals surface area contributed by atoms with Crippen LogP contribution in [0, 0.1) is 0 Å². The third-order valence-corrected chi connectivity index (χ3v) is 7.31. The number of piperazine rings is 1. The van der Waals surface area contributed by atoms with Crippen molar-refractivity contribution in [2.45, 2.75) is 84.3 Å². The average Bonchev–Trinajstić information content (AvgIpc) is 2.90. The number of hydrogen-bond acceptors (Lipinski definition) is 4. The highest BCUT2D eigenvalue weighted by molar-refractivity contribution is 5.94. The second-order valence-electron chi connectivity index (χ2n) is 9.36. The fourth-order valence-corrected chi connectivity index (χ4v) is 5.46. The van der Waals surface area contributed by atoms with E-state index < -0.39 is 0 Å². The molecule has 1 aromatic rings. The monoisotopic (exact) mass is 401 g/mol. The van der Waals surface area contributed by atoms with Gasteiger partial charge in [0.25, 0.3) is 5.91 Å². The third-order valence-electron chi connectivity index (χ3n) is 7.31. The molecule has 1 aromatic heterocycles. The number of aromatic nitrogens is 2. The smallest absolute Gasteiger partial charge is 0.274 e. The Labute approximate surface area is 176 Å². The molecule has 0 aromatic carbocycles. The van der Waals surface area contributed by atoms with Crippen LogP contribution in [0.2, 0.25) is 0 Å². The maximum Gasteiger partial charge on any atom is 0.274 e. The second-order valence-corrected chi connectivity index (χ2v) is 9.36. The number of carbonyl (C=O) groups is 1. The van der Waals surface area contributed by atoms with Gasteiger partial charge in [0.05, 0.1) is 0 Å². The van der Waals surface area contributed by atoms with Crippen molar-refractivity contribution in [3.05, 3.63) is 17.0 Å². The Morgan fingerprint density at radius 2 is 1.72 bits per heavy atom. The summed E-state index contributed by atoms with van der Waals surface area (Å²) in [4.78, 5) is 20.7. The Morgan fingerprint density at radius 3 is 2.34 bits per heavy atom. The number of likely N-dealkylation sites (tertiary alicyclic amines) is 1. The molecule has 0 radical (unpaired) electrons. The Morgan fingerprint density at radius 1 is 1.03 bits per heavy atom. The number of rotatable bonds is 4. The van der Waals surface area contributed by atoms with E-state index in [1.54, 1.807) is 0 Å². The summed E-state index contributed by atoms with van der Waals surface area (Å²) in [7, 11) is 0. The number of amides is 1. The minimum atomic E-state index is 0.181. The zero-order valence-electron chi connectivity index (χ0n) is 18.7. The largest absolute Gasteiger partial charge is 0.337 e. The Balaban J connectivity index is 1.51. The van der Waals surface area contributed by atoms with Crippen LogP contribution in [0.1, 0.15) is 74.6 Å². The van der Waals surface area contributed by atoms with Gasteiger partial charge in [0.2, 0.25) is 0 Å². The lowest BCUT2D eigenvalue weighted by Crippen LogP contribution is -2.53. The summed E-state index contributed by atoms with van der Waals surface area (Å²) in [6, 6.07) is 1.19. The highest BCUT2D eigenvalue weighted by atomic mass is 16.2. The van der Waals surface area contributed by atoms with Crippen molar-refractivity contribution in [3.63, 3.8) is 0 Å². The number of fused-ring (bicyclic) bond motifs is 1. The first-order chi connectivity index (χ1) is 14.1. The fourth-order valence-electron chi connectivity index (χ4n) is 5.46. The van der Waals surface area contributed by atoms with Gasteiger partial charge in [-0.3, -0.25) is 19.3 Å². The molecule has 3 aliphatic rings. The lowest BCUT2D eigenvalue weighted by Gasteiger charge is -2.42. The maximum atomic E-state index is 13.4. The molecule has 2 saturated heterocycles. The van der Waals surface area contributed by atoms with Crippen LogP contribution in [0.15, 0.2) is 0 Å². The third kappa shape index (κ3) is 4.38. The molecule has 0 spiro atoms. The first-order valence-electron chi connectivity index (χ1n) is 11.9. The Hall–Kier alpha value is -1.40. The Kier molecular flexibility index (Phi) is 6.60. The van der Waals surface area contributed by atoms with Crippen molar-refractivity contribution in [3.8, 4) is 0 Å². The van der Waals surface area contributed by atoms with Gasteiger partial charge in [0.1, 0.15) is 0 Å². The van der Waals surface area contributed by atoms with Gasteiger partial charge in [-0.25, -0.2) is 0 Å². The zero-order valence-corrected chi connectivity index (χ0v) is 18.7. The molecular formula is C23H39N5O. The van der Waals surface area contributed by atoms with Crippen molar-refractivity contribution in [1.29, 1.82) is 0 Å². The van der Waals surface area contributed by atoms with Crippen LogP contribution in [-0.4, -0.2) is 81.7 Å². The first-order valence-corrected chi connectivity index (χ1v) is 11.9. The highest BCUT2D eigenvalue weighted by Gasteiger charge is 2.34. The quantitative estimate of drug-likeness (QED) is 0.778. The van der Waals surface area contributed by atoms with E-state index in [4.69, 9.17) is 5.10 Å². The summed E-state index contributed by atoms with van der Waals surface area (Å²) in [6.45, 7) is 14.0. The summed E-state index contributed by atoms with van der Waals surface area (Å²) in [5.41, 5.74) is 3.33. The van der Waals surface area contributed by atoms with Crippen LogP contribution in [0.25, 0.3) is 0 Å². The molecule has 1 amide bonds. The van der Waals surface area contributed by atoms with Crippen molar-refractivity contribution >= 4 is 5.91 Å². The van der Waals surface area contributed by atoms with Crippen molar-refractivity contribution in [2.75, 3.05) is 39.3 Å². The van der Waals surface area contributed by atoms with E-state index in [9.17, 15) is 4.79 Å². The molecule has 6 heteroatoms.